The van der Waals surface area contributed by atoms with Crippen molar-refractivity contribution in [1.29, 1.82) is 0 Å². The zero-order valence-electron chi connectivity index (χ0n) is 6.50. The Morgan fingerprint density at radius 3 is 3.00 bits per heavy atom. The van der Waals surface area contributed by atoms with Crippen molar-refractivity contribution in [3.05, 3.63) is 20.9 Å². The van der Waals surface area contributed by atoms with Gasteiger partial charge in [-0.3, -0.25) is 9.78 Å². The van der Waals surface area contributed by atoms with Gasteiger partial charge in [0.25, 0.3) is 5.56 Å². The second kappa shape index (κ2) is 2.48. The van der Waals surface area contributed by atoms with E-state index < -0.39 is 0 Å². The van der Waals surface area contributed by atoms with Gasteiger partial charge < -0.3 is 5.73 Å². The number of rotatable bonds is 0. The van der Waals surface area contributed by atoms with E-state index >= 15 is 0 Å². The van der Waals surface area contributed by atoms with Crippen LogP contribution in [0.3, 0.4) is 0 Å². The first kappa shape index (κ1) is 7.09. The standard InChI is InChI=1S/C8H9N3O/c9-8-10-6-4-2-1-3-5(6)7(12)11-8/h3-4H,1-2H2,(H3,9,10,11,12). The van der Waals surface area contributed by atoms with Crippen molar-refractivity contribution >= 4 is 18.1 Å². The van der Waals surface area contributed by atoms with Gasteiger partial charge in [-0.2, -0.15) is 0 Å². The van der Waals surface area contributed by atoms with Crippen molar-refractivity contribution in [1.82, 2.24) is 9.97 Å². The van der Waals surface area contributed by atoms with Gasteiger partial charge in [0.2, 0.25) is 5.95 Å². The van der Waals surface area contributed by atoms with E-state index in [-0.39, 0.29) is 11.5 Å². The van der Waals surface area contributed by atoms with Crippen molar-refractivity contribution in [2.24, 2.45) is 0 Å². The number of hydrogen-bond acceptors (Lipinski definition) is 3. The molecular weight excluding hydrogens is 154 g/mol. The summed E-state index contributed by atoms with van der Waals surface area (Å²) in [4.78, 5) is 17.7. The van der Waals surface area contributed by atoms with Crippen molar-refractivity contribution < 1.29 is 0 Å². The van der Waals surface area contributed by atoms with Crippen LogP contribution in [0.1, 0.15) is 12.8 Å². The highest BCUT2D eigenvalue weighted by Gasteiger charge is 1.99. The van der Waals surface area contributed by atoms with E-state index in [0.29, 0.717) is 10.6 Å². The van der Waals surface area contributed by atoms with Gasteiger partial charge in [0.15, 0.2) is 0 Å². The molecule has 1 aromatic heterocycles. The van der Waals surface area contributed by atoms with Gasteiger partial charge in [0, 0.05) is 0 Å². The number of H-pyrrole nitrogens is 1. The molecule has 0 atom stereocenters. The summed E-state index contributed by atoms with van der Waals surface area (Å²) < 4.78 is 0. The normalized spacial score (nSPS) is 14.3. The van der Waals surface area contributed by atoms with E-state index in [1.807, 2.05) is 12.2 Å². The fraction of sp³-hybridized carbons (Fsp3) is 0.250. The average Bonchev–Trinajstić information content (AvgIpc) is 2.04. The average molecular weight is 163 g/mol. The Morgan fingerprint density at radius 2 is 2.17 bits per heavy atom. The number of nitrogens with zero attached hydrogens (tertiary/aromatic N) is 1. The number of hydrogen-bond donors (Lipinski definition) is 2. The Morgan fingerprint density at radius 1 is 1.42 bits per heavy atom. The smallest absolute Gasteiger partial charge is 0.259 e. The molecule has 0 fully saturated rings. The number of anilines is 1. The van der Waals surface area contributed by atoms with Gasteiger partial charge in [-0.25, -0.2) is 4.98 Å². The molecule has 0 aliphatic heterocycles. The number of aromatic amines is 1. The molecule has 2 rings (SSSR count). The highest BCUT2D eigenvalue weighted by Crippen LogP contribution is 1.92. The maximum absolute atomic E-state index is 11.3. The monoisotopic (exact) mass is 163 g/mol. The highest BCUT2D eigenvalue weighted by molar-refractivity contribution is 5.36. The lowest BCUT2D eigenvalue weighted by Gasteiger charge is -1.98. The predicted molar refractivity (Wildman–Crippen MR) is 46.7 cm³/mol. The third-order valence-corrected chi connectivity index (χ3v) is 1.86. The van der Waals surface area contributed by atoms with Crippen LogP contribution >= 0.6 is 0 Å². The lowest BCUT2D eigenvalue weighted by Crippen LogP contribution is -2.44. The van der Waals surface area contributed by atoms with Crippen LogP contribution in [-0.4, -0.2) is 9.97 Å². The summed E-state index contributed by atoms with van der Waals surface area (Å²) in [5, 5.41) is 1.36. The quantitative estimate of drug-likeness (QED) is 0.499. The van der Waals surface area contributed by atoms with Gasteiger partial charge >= 0.3 is 0 Å². The molecule has 1 aliphatic rings. The summed E-state index contributed by atoms with van der Waals surface area (Å²) in [6, 6.07) is 0. The zero-order chi connectivity index (χ0) is 8.55. The van der Waals surface area contributed by atoms with Gasteiger partial charge in [0.05, 0.1) is 10.6 Å². The summed E-state index contributed by atoms with van der Waals surface area (Å²) in [5.41, 5.74) is 5.24. The highest BCUT2D eigenvalue weighted by atomic mass is 16.1. The van der Waals surface area contributed by atoms with Gasteiger partial charge in [-0.05, 0) is 12.8 Å². The van der Waals surface area contributed by atoms with E-state index in [9.17, 15) is 4.79 Å². The Balaban J connectivity index is 2.97. The van der Waals surface area contributed by atoms with Crippen LogP contribution in [0.25, 0.3) is 12.2 Å². The van der Waals surface area contributed by atoms with Gasteiger partial charge in [0.1, 0.15) is 0 Å². The molecule has 0 amide bonds. The molecule has 0 saturated heterocycles. The minimum absolute atomic E-state index is 0.145. The third kappa shape index (κ3) is 1.01. The molecule has 62 valence electrons. The molecule has 0 saturated carbocycles. The number of nitrogens with two attached hydrogens (primary N) is 1. The number of nitrogens with one attached hydrogen (secondary N) is 1. The molecule has 4 nitrogen and oxygen atoms in total. The third-order valence-electron chi connectivity index (χ3n) is 1.86. The minimum atomic E-state index is -0.145. The van der Waals surface area contributed by atoms with Crippen molar-refractivity contribution in [2.45, 2.75) is 12.8 Å². The molecule has 12 heavy (non-hydrogen) atoms. The first-order chi connectivity index (χ1) is 5.77. The topological polar surface area (TPSA) is 71.8 Å². The molecule has 0 spiro atoms. The molecule has 1 aliphatic carbocycles. The molecule has 0 bridgehead atoms. The molecule has 4 heteroatoms. The first-order valence-electron chi connectivity index (χ1n) is 3.83. The molecule has 0 radical (unpaired) electrons. The fourth-order valence-corrected chi connectivity index (χ4v) is 1.32. The SMILES string of the molecule is Nc1nc2c(c(=O)[nH]1)=CCCC=2. The molecule has 0 aromatic carbocycles. The van der Waals surface area contributed by atoms with Gasteiger partial charge in [-0.1, -0.05) is 12.2 Å². The van der Waals surface area contributed by atoms with Crippen LogP contribution < -0.4 is 21.9 Å². The Hall–Kier alpha value is -1.58. The fourth-order valence-electron chi connectivity index (χ4n) is 1.32. The lowest BCUT2D eigenvalue weighted by atomic mass is 10.2. The zero-order valence-corrected chi connectivity index (χ0v) is 6.50. The van der Waals surface area contributed by atoms with E-state index in [0.717, 1.165) is 12.8 Å². The molecule has 3 N–H and O–H groups in total. The van der Waals surface area contributed by atoms with E-state index in [4.69, 9.17) is 5.73 Å². The van der Waals surface area contributed by atoms with Crippen LogP contribution in [0.5, 0.6) is 0 Å². The molecule has 1 heterocycles. The van der Waals surface area contributed by atoms with Crippen LogP contribution in [0, 0.1) is 0 Å². The van der Waals surface area contributed by atoms with Crippen LogP contribution in [0.2, 0.25) is 0 Å². The van der Waals surface area contributed by atoms with Crippen LogP contribution in [0.4, 0.5) is 5.95 Å². The summed E-state index contributed by atoms with van der Waals surface area (Å²) in [6.45, 7) is 0. The molecule has 1 aromatic rings. The second-order valence-electron chi connectivity index (χ2n) is 2.74. The first-order valence-corrected chi connectivity index (χ1v) is 3.83. The lowest BCUT2D eigenvalue weighted by molar-refractivity contribution is 1.02. The second-order valence-corrected chi connectivity index (χ2v) is 2.74. The number of nitrogen functional groups attached to an aromatic ring is 1. The summed E-state index contributed by atoms with van der Waals surface area (Å²) in [7, 11) is 0. The Labute approximate surface area is 68.4 Å². The van der Waals surface area contributed by atoms with E-state index in [1.54, 1.807) is 0 Å². The van der Waals surface area contributed by atoms with Crippen molar-refractivity contribution in [3.63, 3.8) is 0 Å². The number of aromatic nitrogens is 2. The maximum atomic E-state index is 11.3. The summed E-state index contributed by atoms with van der Waals surface area (Å²) in [6.07, 6.45) is 5.66. The van der Waals surface area contributed by atoms with E-state index in [1.165, 1.54) is 0 Å². The largest absolute Gasteiger partial charge is 0.369 e. The maximum Gasteiger partial charge on any atom is 0.259 e. The summed E-state index contributed by atoms with van der Waals surface area (Å²) in [5.74, 6) is 0.185. The Bertz CT molecular complexity index is 472. The van der Waals surface area contributed by atoms with Crippen LogP contribution in [0.15, 0.2) is 4.79 Å². The minimum Gasteiger partial charge on any atom is -0.369 e. The Kier molecular flexibility index (Phi) is 1.46. The van der Waals surface area contributed by atoms with Crippen LogP contribution in [-0.2, 0) is 0 Å². The molecular formula is C8H9N3O. The molecule has 0 unspecified atom stereocenters. The predicted octanol–water partition coefficient (Wildman–Crippen LogP) is -1.29. The van der Waals surface area contributed by atoms with Crippen molar-refractivity contribution in [2.75, 3.05) is 5.73 Å². The number of fused-ring (bicyclic) bond motifs is 1. The summed E-state index contributed by atoms with van der Waals surface area (Å²) >= 11 is 0. The van der Waals surface area contributed by atoms with E-state index in [2.05, 4.69) is 9.97 Å². The van der Waals surface area contributed by atoms with Gasteiger partial charge in [-0.15, -0.1) is 0 Å². The van der Waals surface area contributed by atoms with Crippen molar-refractivity contribution in [3.8, 4) is 0 Å².